The van der Waals surface area contributed by atoms with E-state index in [1.165, 1.54) is 6.08 Å². The largest absolute Gasteiger partial charge is 0.478 e. The molecule has 0 saturated heterocycles. The fourth-order valence-electron chi connectivity index (χ4n) is 1.95. The summed E-state index contributed by atoms with van der Waals surface area (Å²) in [6.45, 7) is 3.83. The molecule has 0 unspecified atom stereocenters. The van der Waals surface area contributed by atoms with Gasteiger partial charge in [0.2, 0.25) is 0 Å². The molecule has 0 saturated carbocycles. The van der Waals surface area contributed by atoms with Gasteiger partial charge in [0.15, 0.2) is 0 Å². The fourth-order valence-corrected chi connectivity index (χ4v) is 2.07. The molecular weight excluding hydrogens is 272 g/mol. The highest BCUT2D eigenvalue weighted by Gasteiger charge is 2.05. The minimum atomic E-state index is -0.917. The molecule has 0 atom stereocenters. The first kappa shape index (κ1) is 16.3. The van der Waals surface area contributed by atoms with Crippen LogP contribution in [0.2, 0.25) is 5.02 Å². The molecule has 0 heterocycles. The predicted octanol–water partition coefficient (Wildman–Crippen LogP) is 4.81. The van der Waals surface area contributed by atoms with Crippen LogP contribution >= 0.6 is 11.6 Å². The maximum Gasteiger partial charge on any atom is 0.328 e. The molecule has 0 aliphatic heterocycles. The second kappa shape index (κ2) is 8.39. The summed E-state index contributed by atoms with van der Waals surface area (Å²) in [5.74, 6) is -0.917. The number of hydrogen-bond acceptors (Lipinski definition) is 1. The Bertz CT molecular complexity index is 537. The first-order valence-corrected chi connectivity index (χ1v) is 6.92. The summed E-state index contributed by atoms with van der Waals surface area (Å²) in [4.78, 5) is 10.9. The highest BCUT2D eigenvalue weighted by Crippen LogP contribution is 2.19. The summed E-state index contributed by atoms with van der Waals surface area (Å²) in [5, 5.41) is 9.69. The molecule has 0 radical (unpaired) electrons. The van der Waals surface area contributed by atoms with E-state index >= 15 is 0 Å². The van der Waals surface area contributed by atoms with Gasteiger partial charge in [-0.1, -0.05) is 42.0 Å². The number of aryl methyl sites for hydroxylation is 1. The monoisotopic (exact) mass is 290 g/mol. The van der Waals surface area contributed by atoms with Gasteiger partial charge in [0.1, 0.15) is 0 Å². The third-order valence-corrected chi connectivity index (χ3v) is 3.17. The molecule has 0 bridgehead atoms. The lowest BCUT2D eigenvalue weighted by Crippen LogP contribution is -1.97. The number of halogens is 1. The number of hydrogen-bond donors (Lipinski definition) is 1. The average molecular weight is 291 g/mol. The molecule has 1 aromatic rings. The normalized spacial score (nSPS) is 12.9. The lowest BCUT2D eigenvalue weighted by Gasteiger charge is -2.08. The average Bonchev–Trinajstić information content (AvgIpc) is 2.42. The molecule has 0 aliphatic carbocycles. The number of carboxylic acids is 1. The van der Waals surface area contributed by atoms with Crippen molar-refractivity contribution in [3.8, 4) is 0 Å². The summed E-state index contributed by atoms with van der Waals surface area (Å²) < 4.78 is 0. The fraction of sp³-hybridized carbons (Fsp3) is 0.235. The van der Waals surface area contributed by atoms with Crippen LogP contribution in [0.4, 0.5) is 0 Å². The van der Waals surface area contributed by atoms with E-state index in [1.54, 1.807) is 0 Å². The summed E-state index contributed by atoms with van der Waals surface area (Å²) >= 11 is 5.85. The second-order valence-electron chi connectivity index (χ2n) is 4.38. The third kappa shape index (κ3) is 5.45. The van der Waals surface area contributed by atoms with E-state index in [2.05, 4.69) is 0 Å². The molecule has 3 heteroatoms. The minimum absolute atomic E-state index is 0.679. The predicted molar refractivity (Wildman–Crippen MR) is 84.1 cm³/mol. The summed E-state index contributed by atoms with van der Waals surface area (Å²) in [6, 6.07) is 7.62. The summed E-state index contributed by atoms with van der Waals surface area (Å²) in [7, 11) is 0. The Morgan fingerprint density at radius 2 is 1.90 bits per heavy atom. The van der Waals surface area contributed by atoms with Crippen molar-refractivity contribution in [2.24, 2.45) is 0 Å². The molecular formula is C17H19ClO2. The van der Waals surface area contributed by atoms with Crippen LogP contribution in [0.5, 0.6) is 0 Å². The molecule has 1 N–H and O–H groups in total. The van der Waals surface area contributed by atoms with Crippen molar-refractivity contribution in [3.63, 3.8) is 0 Å². The summed E-state index contributed by atoms with van der Waals surface area (Å²) in [6.07, 6.45) is 8.51. The van der Waals surface area contributed by atoms with Gasteiger partial charge in [0.05, 0.1) is 0 Å². The van der Waals surface area contributed by atoms with E-state index < -0.39 is 5.97 Å². The van der Waals surface area contributed by atoms with E-state index in [0.717, 1.165) is 23.1 Å². The van der Waals surface area contributed by atoms with Gasteiger partial charge in [-0.3, -0.25) is 0 Å². The van der Waals surface area contributed by atoms with Crippen LogP contribution in [-0.2, 0) is 11.2 Å². The molecule has 0 fully saturated rings. The second-order valence-corrected chi connectivity index (χ2v) is 4.81. The Kier molecular flexibility index (Phi) is 6.82. The highest BCUT2D eigenvalue weighted by molar-refractivity contribution is 6.30. The zero-order valence-electron chi connectivity index (χ0n) is 11.8. The van der Waals surface area contributed by atoms with E-state index in [9.17, 15) is 4.79 Å². The van der Waals surface area contributed by atoms with Crippen LogP contribution < -0.4 is 0 Å². The number of aliphatic carboxylic acids is 1. The van der Waals surface area contributed by atoms with Gasteiger partial charge in [-0.05, 0) is 55.5 Å². The highest BCUT2D eigenvalue weighted by atomic mass is 35.5. The van der Waals surface area contributed by atoms with Gasteiger partial charge in [-0.15, -0.1) is 0 Å². The lowest BCUT2D eigenvalue weighted by molar-refractivity contribution is -0.131. The SMILES string of the molecule is C\C=C/C(=C\C)C(=C/C(=O)O)/CCc1ccc(Cl)cc1. The minimum Gasteiger partial charge on any atom is -0.478 e. The van der Waals surface area contributed by atoms with Gasteiger partial charge >= 0.3 is 5.97 Å². The van der Waals surface area contributed by atoms with E-state index in [0.29, 0.717) is 11.4 Å². The Balaban J connectivity index is 2.86. The number of rotatable bonds is 6. The maximum atomic E-state index is 10.9. The van der Waals surface area contributed by atoms with Crippen molar-refractivity contribution >= 4 is 17.6 Å². The zero-order chi connectivity index (χ0) is 15.0. The maximum absolute atomic E-state index is 10.9. The quantitative estimate of drug-likeness (QED) is 0.603. The van der Waals surface area contributed by atoms with Crippen LogP contribution in [0.1, 0.15) is 25.8 Å². The Morgan fingerprint density at radius 3 is 2.40 bits per heavy atom. The molecule has 0 amide bonds. The first-order valence-electron chi connectivity index (χ1n) is 6.54. The number of carboxylic acid groups (broad SMARTS) is 1. The summed E-state index contributed by atoms with van der Waals surface area (Å²) in [5.41, 5.74) is 2.92. The van der Waals surface area contributed by atoms with E-state index in [4.69, 9.17) is 16.7 Å². The topological polar surface area (TPSA) is 37.3 Å². The van der Waals surface area contributed by atoms with Crippen molar-refractivity contribution in [2.75, 3.05) is 0 Å². The molecule has 1 aromatic carbocycles. The van der Waals surface area contributed by atoms with Crippen LogP contribution in [-0.4, -0.2) is 11.1 Å². The smallest absolute Gasteiger partial charge is 0.328 e. The van der Waals surface area contributed by atoms with Crippen molar-refractivity contribution in [3.05, 3.63) is 70.3 Å². The number of allylic oxidation sites excluding steroid dienone is 5. The van der Waals surface area contributed by atoms with Crippen molar-refractivity contribution in [1.29, 1.82) is 0 Å². The Labute approximate surface area is 125 Å². The van der Waals surface area contributed by atoms with E-state index in [1.807, 2.05) is 56.3 Å². The molecule has 2 nitrogen and oxygen atoms in total. The molecule has 0 spiro atoms. The Hall–Kier alpha value is -1.80. The van der Waals surface area contributed by atoms with Crippen LogP contribution in [0.3, 0.4) is 0 Å². The van der Waals surface area contributed by atoms with Gasteiger partial charge in [-0.2, -0.15) is 0 Å². The van der Waals surface area contributed by atoms with Crippen molar-refractivity contribution < 1.29 is 9.90 Å². The number of benzene rings is 1. The van der Waals surface area contributed by atoms with Gasteiger partial charge in [0.25, 0.3) is 0 Å². The van der Waals surface area contributed by atoms with Gasteiger partial charge in [0, 0.05) is 11.1 Å². The van der Waals surface area contributed by atoms with E-state index in [-0.39, 0.29) is 0 Å². The van der Waals surface area contributed by atoms with Gasteiger partial charge in [-0.25, -0.2) is 4.79 Å². The zero-order valence-corrected chi connectivity index (χ0v) is 12.5. The molecule has 0 aliphatic rings. The van der Waals surface area contributed by atoms with Crippen molar-refractivity contribution in [1.82, 2.24) is 0 Å². The van der Waals surface area contributed by atoms with Crippen LogP contribution in [0.15, 0.2) is 59.7 Å². The molecule has 20 heavy (non-hydrogen) atoms. The third-order valence-electron chi connectivity index (χ3n) is 2.92. The lowest BCUT2D eigenvalue weighted by atomic mass is 9.97. The van der Waals surface area contributed by atoms with Crippen LogP contribution in [0.25, 0.3) is 0 Å². The first-order chi connectivity index (χ1) is 9.56. The van der Waals surface area contributed by atoms with Crippen molar-refractivity contribution in [2.45, 2.75) is 26.7 Å². The van der Waals surface area contributed by atoms with Gasteiger partial charge < -0.3 is 5.11 Å². The Morgan fingerprint density at radius 1 is 1.25 bits per heavy atom. The molecule has 106 valence electrons. The standard InChI is InChI=1S/C17H19ClO2/c1-3-5-14(4-2)15(12-17(19)20)9-6-13-7-10-16(18)11-8-13/h3-5,7-8,10-12H,6,9H2,1-2H3,(H,19,20)/b5-3-,14-4+,15-12+. The molecule has 0 aromatic heterocycles. The van der Waals surface area contributed by atoms with Crippen LogP contribution in [0, 0.1) is 0 Å². The number of carbonyl (C=O) groups is 1. The molecule has 1 rings (SSSR count).